The number of aliphatic hydroxyl groups is 1. The number of carbonyl (C=O) groups is 1. The highest BCUT2D eigenvalue weighted by atomic mass is 19.1. The Kier molecular flexibility index (Phi) is 7.80. The summed E-state index contributed by atoms with van der Waals surface area (Å²) in [6.45, 7) is 6.12. The SMILES string of the molecule is CCOC(=O)[C@H]1C[C@@H]1c1ccc(O[C@@H]2CCc3c(Oc4ccc(OCCC(C)(C)O)cc4)ccc(F)c32)cc1. The first-order chi connectivity index (χ1) is 18.7. The first-order valence-corrected chi connectivity index (χ1v) is 13.6. The Morgan fingerprint density at radius 1 is 1.00 bits per heavy atom. The van der Waals surface area contributed by atoms with Crippen LogP contribution in [-0.4, -0.2) is 29.9 Å². The normalized spacial score (nSPS) is 19.8. The van der Waals surface area contributed by atoms with Crippen molar-refractivity contribution in [1.29, 1.82) is 0 Å². The predicted octanol–water partition coefficient (Wildman–Crippen LogP) is 6.89. The monoisotopic (exact) mass is 534 g/mol. The van der Waals surface area contributed by atoms with Crippen LogP contribution < -0.4 is 14.2 Å². The van der Waals surface area contributed by atoms with E-state index >= 15 is 0 Å². The molecule has 1 saturated carbocycles. The van der Waals surface area contributed by atoms with Crippen molar-refractivity contribution in [2.75, 3.05) is 13.2 Å². The molecule has 0 radical (unpaired) electrons. The molecule has 0 saturated heterocycles. The summed E-state index contributed by atoms with van der Waals surface area (Å²) in [5.41, 5.74) is 1.66. The number of halogens is 1. The van der Waals surface area contributed by atoms with Crippen molar-refractivity contribution in [2.24, 2.45) is 5.92 Å². The highest BCUT2D eigenvalue weighted by Gasteiger charge is 2.45. The zero-order valence-electron chi connectivity index (χ0n) is 22.6. The number of ether oxygens (including phenoxy) is 4. The van der Waals surface area contributed by atoms with E-state index in [0.717, 1.165) is 17.5 Å². The van der Waals surface area contributed by atoms with Gasteiger partial charge in [0.1, 0.15) is 34.9 Å². The number of hydrogen-bond donors (Lipinski definition) is 1. The zero-order valence-corrected chi connectivity index (χ0v) is 22.6. The summed E-state index contributed by atoms with van der Waals surface area (Å²) in [5, 5.41) is 9.83. The lowest BCUT2D eigenvalue weighted by Gasteiger charge is -2.18. The van der Waals surface area contributed by atoms with Crippen molar-refractivity contribution in [3.8, 4) is 23.0 Å². The highest BCUT2D eigenvalue weighted by Crippen LogP contribution is 2.49. The fourth-order valence-corrected chi connectivity index (χ4v) is 5.04. The van der Waals surface area contributed by atoms with Gasteiger partial charge in [-0.3, -0.25) is 4.79 Å². The van der Waals surface area contributed by atoms with Crippen LogP contribution in [0.4, 0.5) is 4.39 Å². The summed E-state index contributed by atoms with van der Waals surface area (Å²) in [7, 11) is 0. The van der Waals surface area contributed by atoms with Crippen molar-refractivity contribution in [2.45, 2.75) is 64.1 Å². The van der Waals surface area contributed by atoms with Crippen LogP contribution >= 0.6 is 0 Å². The van der Waals surface area contributed by atoms with Crippen LogP contribution in [0.3, 0.4) is 0 Å². The topological polar surface area (TPSA) is 74.2 Å². The first-order valence-electron chi connectivity index (χ1n) is 13.6. The molecular weight excluding hydrogens is 499 g/mol. The number of esters is 1. The fourth-order valence-electron chi connectivity index (χ4n) is 5.04. The van der Waals surface area contributed by atoms with Crippen LogP contribution in [0.25, 0.3) is 0 Å². The molecule has 0 heterocycles. The van der Waals surface area contributed by atoms with Gasteiger partial charge in [-0.2, -0.15) is 0 Å². The average Bonchev–Trinajstić information content (AvgIpc) is 3.60. The summed E-state index contributed by atoms with van der Waals surface area (Å²) in [6, 6.07) is 18.1. The third kappa shape index (κ3) is 6.53. The molecule has 6 nitrogen and oxygen atoms in total. The van der Waals surface area contributed by atoms with E-state index in [1.165, 1.54) is 6.07 Å². The summed E-state index contributed by atoms with van der Waals surface area (Å²) in [6.07, 6.45) is 2.22. The van der Waals surface area contributed by atoms with Gasteiger partial charge in [0.25, 0.3) is 0 Å². The lowest BCUT2D eigenvalue weighted by Crippen LogP contribution is -2.21. The largest absolute Gasteiger partial charge is 0.493 e. The molecule has 0 spiro atoms. The maximum absolute atomic E-state index is 15.0. The number of hydrogen-bond acceptors (Lipinski definition) is 6. The minimum atomic E-state index is -0.775. The average molecular weight is 535 g/mol. The molecule has 1 fully saturated rings. The van der Waals surface area contributed by atoms with Crippen molar-refractivity contribution in [3.05, 3.63) is 83.2 Å². The van der Waals surface area contributed by atoms with E-state index in [1.54, 1.807) is 19.9 Å². The van der Waals surface area contributed by atoms with E-state index in [-0.39, 0.29) is 23.6 Å². The molecule has 0 aromatic heterocycles. The van der Waals surface area contributed by atoms with Crippen LogP contribution in [0.15, 0.2) is 60.7 Å². The second kappa shape index (κ2) is 11.3. The molecule has 7 heteroatoms. The minimum absolute atomic E-state index is 0.0617. The number of fused-ring (bicyclic) bond motifs is 1. The van der Waals surface area contributed by atoms with Crippen LogP contribution in [0, 0.1) is 11.7 Å². The van der Waals surface area contributed by atoms with Gasteiger partial charge in [0.15, 0.2) is 0 Å². The molecule has 0 bridgehead atoms. The van der Waals surface area contributed by atoms with Gasteiger partial charge in [-0.25, -0.2) is 4.39 Å². The van der Waals surface area contributed by atoms with Gasteiger partial charge in [0.05, 0.1) is 24.7 Å². The van der Waals surface area contributed by atoms with E-state index in [2.05, 4.69) is 0 Å². The first kappa shape index (κ1) is 27.0. The summed E-state index contributed by atoms with van der Waals surface area (Å²) < 4.78 is 38.1. The van der Waals surface area contributed by atoms with E-state index in [0.29, 0.717) is 61.0 Å². The van der Waals surface area contributed by atoms with Gasteiger partial charge in [-0.15, -0.1) is 0 Å². The molecule has 2 aliphatic rings. The molecule has 39 heavy (non-hydrogen) atoms. The molecule has 0 unspecified atom stereocenters. The Morgan fingerprint density at radius 2 is 1.69 bits per heavy atom. The minimum Gasteiger partial charge on any atom is -0.493 e. The maximum atomic E-state index is 15.0. The molecule has 206 valence electrons. The highest BCUT2D eigenvalue weighted by molar-refractivity contribution is 5.77. The van der Waals surface area contributed by atoms with E-state index < -0.39 is 11.7 Å². The van der Waals surface area contributed by atoms with Crippen LogP contribution in [0.5, 0.6) is 23.0 Å². The second-order valence-corrected chi connectivity index (χ2v) is 10.8. The molecule has 3 atom stereocenters. The predicted molar refractivity (Wildman–Crippen MR) is 145 cm³/mol. The van der Waals surface area contributed by atoms with Crippen molar-refractivity contribution >= 4 is 5.97 Å². The number of rotatable bonds is 11. The third-order valence-corrected chi connectivity index (χ3v) is 7.24. The Hall–Kier alpha value is -3.58. The molecule has 0 aliphatic heterocycles. The van der Waals surface area contributed by atoms with Crippen LogP contribution in [-0.2, 0) is 16.0 Å². The lowest BCUT2D eigenvalue weighted by atomic mass is 10.1. The summed E-state index contributed by atoms with van der Waals surface area (Å²) in [5.74, 6) is 2.28. The van der Waals surface area contributed by atoms with Gasteiger partial charge in [0, 0.05) is 17.5 Å². The zero-order chi connectivity index (χ0) is 27.6. The maximum Gasteiger partial charge on any atom is 0.309 e. The van der Waals surface area contributed by atoms with Gasteiger partial charge < -0.3 is 24.1 Å². The van der Waals surface area contributed by atoms with Gasteiger partial charge in [0.2, 0.25) is 0 Å². The number of carbonyl (C=O) groups excluding carboxylic acids is 1. The Balaban J connectivity index is 1.22. The van der Waals surface area contributed by atoms with Crippen molar-refractivity contribution < 1.29 is 33.2 Å². The molecule has 2 aliphatic carbocycles. The quantitative estimate of drug-likeness (QED) is 0.270. The summed E-state index contributed by atoms with van der Waals surface area (Å²) in [4.78, 5) is 12.0. The molecule has 1 N–H and O–H groups in total. The Bertz CT molecular complexity index is 1300. The summed E-state index contributed by atoms with van der Waals surface area (Å²) >= 11 is 0. The van der Waals surface area contributed by atoms with Gasteiger partial charge in [-0.05, 0) is 100 Å². The Morgan fingerprint density at radius 3 is 2.38 bits per heavy atom. The van der Waals surface area contributed by atoms with Crippen molar-refractivity contribution in [3.63, 3.8) is 0 Å². The Labute approximate surface area is 228 Å². The van der Waals surface area contributed by atoms with Crippen LogP contribution in [0.2, 0.25) is 0 Å². The smallest absolute Gasteiger partial charge is 0.309 e. The van der Waals surface area contributed by atoms with Crippen molar-refractivity contribution in [1.82, 2.24) is 0 Å². The molecule has 3 aromatic rings. The standard InChI is InChI=1S/C32H35FO6/c1-4-36-31(34)26-19-25(26)20-5-7-22(8-6-20)39-29-15-13-24-28(16-14-27(33)30(24)29)38-23-11-9-21(10-12-23)37-18-17-32(2,3)35/h5-12,14,16,25-26,29,35H,4,13,15,17-19H2,1-3H3/t25-,26+,29-/m1/s1. The van der Waals surface area contributed by atoms with Crippen LogP contribution in [0.1, 0.15) is 68.7 Å². The molecule has 3 aromatic carbocycles. The fraction of sp³-hybridized carbons (Fsp3) is 0.406. The van der Waals surface area contributed by atoms with Gasteiger partial charge in [-0.1, -0.05) is 12.1 Å². The number of benzene rings is 3. The van der Waals surface area contributed by atoms with E-state index in [4.69, 9.17) is 18.9 Å². The van der Waals surface area contributed by atoms with E-state index in [1.807, 2.05) is 55.5 Å². The second-order valence-electron chi connectivity index (χ2n) is 10.8. The third-order valence-electron chi connectivity index (χ3n) is 7.24. The van der Waals surface area contributed by atoms with Gasteiger partial charge >= 0.3 is 5.97 Å². The lowest BCUT2D eigenvalue weighted by molar-refractivity contribution is -0.144. The molecular formula is C32H35FO6. The molecule has 5 rings (SSSR count). The molecule has 0 amide bonds. The van der Waals surface area contributed by atoms with E-state index in [9.17, 15) is 14.3 Å².